The highest BCUT2D eigenvalue weighted by Crippen LogP contribution is 2.09. The predicted molar refractivity (Wildman–Crippen MR) is 69.8 cm³/mol. The third-order valence-corrected chi connectivity index (χ3v) is 2.62. The van der Waals surface area contributed by atoms with Crippen molar-refractivity contribution in [3.8, 4) is 0 Å². The van der Waals surface area contributed by atoms with Crippen LogP contribution in [0.4, 0.5) is 5.69 Å². The van der Waals surface area contributed by atoms with E-state index in [4.69, 9.17) is 5.11 Å². The van der Waals surface area contributed by atoms with Crippen LogP contribution in [0.3, 0.4) is 0 Å². The highest BCUT2D eigenvalue weighted by Gasteiger charge is 2.19. The minimum atomic E-state index is -1.00. The topological polar surface area (TPSA) is 78.4 Å². The summed E-state index contributed by atoms with van der Waals surface area (Å²) in [5, 5.41) is 14.4. The number of benzene rings is 1. The second kappa shape index (κ2) is 6.64. The van der Waals surface area contributed by atoms with Gasteiger partial charge in [0.05, 0.1) is 0 Å². The van der Waals surface area contributed by atoms with Crippen LogP contribution in [0.2, 0.25) is 0 Å². The van der Waals surface area contributed by atoms with E-state index in [1.807, 2.05) is 6.92 Å². The largest absolute Gasteiger partial charge is 0.480 e. The van der Waals surface area contributed by atoms with Crippen molar-refractivity contribution >= 4 is 17.6 Å². The molecule has 0 saturated heterocycles. The van der Waals surface area contributed by atoms with E-state index in [0.717, 1.165) is 5.69 Å². The van der Waals surface area contributed by atoms with Crippen molar-refractivity contribution in [3.05, 3.63) is 29.8 Å². The zero-order chi connectivity index (χ0) is 13.5. The maximum atomic E-state index is 11.8. The normalized spacial score (nSPS) is 11.7. The lowest BCUT2D eigenvalue weighted by molar-refractivity contribution is -0.139. The summed E-state index contributed by atoms with van der Waals surface area (Å²) in [5.74, 6) is -1.37. The Balaban J connectivity index is 2.70. The highest BCUT2D eigenvalue weighted by atomic mass is 16.4. The summed E-state index contributed by atoms with van der Waals surface area (Å²) in [6.45, 7) is 1.88. The van der Waals surface area contributed by atoms with E-state index in [0.29, 0.717) is 18.4 Å². The Morgan fingerprint density at radius 1 is 1.28 bits per heavy atom. The number of amides is 1. The molecule has 18 heavy (non-hydrogen) atoms. The highest BCUT2D eigenvalue weighted by molar-refractivity contribution is 5.96. The van der Waals surface area contributed by atoms with Crippen molar-refractivity contribution in [1.82, 2.24) is 5.32 Å². The second-order valence-electron chi connectivity index (χ2n) is 3.98. The molecule has 0 bridgehead atoms. The van der Waals surface area contributed by atoms with Crippen molar-refractivity contribution in [3.63, 3.8) is 0 Å². The fourth-order valence-electron chi connectivity index (χ4n) is 1.58. The van der Waals surface area contributed by atoms with E-state index in [1.165, 1.54) is 0 Å². The van der Waals surface area contributed by atoms with Gasteiger partial charge in [0, 0.05) is 18.3 Å². The molecule has 98 valence electrons. The SMILES string of the molecule is CCC[C@H](NC(=O)c1ccc(NC)cc1)C(=O)O. The van der Waals surface area contributed by atoms with Gasteiger partial charge in [-0.25, -0.2) is 4.79 Å². The molecule has 0 radical (unpaired) electrons. The Kier molecular flexibility index (Phi) is 5.17. The monoisotopic (exact) mass is 250 g/mol. The number of carboxylic acids is 1. The van der Waals surface area contributed by atoms with Gasteiger partial charge in [0.15, 0.2) is 0 Å². The maximum Gasteiger partial charge on any atom is 0.326 e. The molecule has 5 nitrogen and oxygen atoms in total. The molecule has 1 atom stereocenters. The van der Waals surface area contributed by atoms with E-state index in [-0.39, 0.29) is 5.91 Å². The average Bonchev–Trinajstić information content (AvgIpc) is 2.38. The van der Waals surface area contributed by atoms with Gasteiger partial charge < -0.3 is 15.7 Å². The van der Waals surface area contributed by atoms with Crippen molar-refractivity contribution in [2.75, 3.05) is 12.4 Å². The lowest BCUT2D eigenvalue weighted by Gasteiger charge is -2.13. The van der Waals surface area contributed by atoms with Crippen molar-refractivity contribution in [2.45, 2.75) is 25.8 Å². The van der Waals surface area contributed by atoms with Crippen LogP contribution in [0.25, 0.3) is 0 Å². The van der Waals surface area contributed by atoms with E-state index >= 15 is 0 Å². The molecule has 0 fully saturated rings. The summed E-state index contributed by atoms with van der Waals surface area (Å²) in [5.41, 5.74) is 1.35. The van der Waals surface area contributed by atoms with Crippen LogP contribution in [-0.4, -0.2) is 30.1 Å². The standard InChI is InChI=1S/C13H18N2O3/c1-3-4-11(13(17)18)15-12(16)9-5-7-10(14-2)8-6-9/h5-8,11,14H,3-4H2,1-2H3,(H,15,16)(H,17,18)/t11-/m0/s1. The summed E-state index contributed by atoms with van der Waals surface area (Å²) >= 11 is 0. The molecule has 0 aliphatic rings. The number of carboxylic acid groups (broad SMARTS) is 1. The Bertz CT molecular complexity index is 415. The number of rotatable bonds is 6. The number of carbonyl (C=O) groups is 2. The fraction of sp³-hybridized carbons (Fsp3) is 0.385. The Hall–Kier alpha value is -2.04. The van der Waals surface area contributed by atoms with Gasteiger partial charge in [-0.15, -0.1) is 0 Å². The van der Waals surface area contributed by atoms with Crippen LogP contribution in [0.1, 0.15) is 30.1 Å². The van der Waals surface area contributed by atoms with Crippen LogP contribution >= 0.6 is 0 Å². The van der Waals surface area contributed by atoms with Gasteiger partial charge in [-0.3, -0.25) is 4.79 Å². The molecule has 0 aromatic heterocycles. The third kappa shape index (κ3) is 3.76. The zero-order valence-corrected chi connectivity index (χ0v) is 10.6. The maximum absolute atomic E-state index is 11.8. The molecule has 3 N–H and O–H groups in total. The molecule has 0 spiro atoms. The molecule has 0 saturated carbocycles. The van der Waals surface area contributed by atoms with Crippen LogP contribution in [0.5, 0.6) is 0 Å². The lowest BCUT2D eigenvalue weighted by Crippen LogP contribution is -2.40. The first-order valence-corrected chi connectivity index (χ1v) is 5.90. The average molecular weight is 250 g/mol. The molecule has 1 rings (SSSR count). The molecule has 1 aromatic carbocycles. The summed E-state index contributed by atoms with van der Waals surface area (Å²) in [6.07, 6.45) is 1.13. The van der Waals surface area contributed by atoms with Gasteiger partial charge in [0.2, 0.25) is 0 Å². The van der Waals surface area contributed by atoms with E-state index in [2.05, 4.69) is 10.6 Å². The Labute approximate surface area is 106 Å². The molecule has 1 amide bonds. The minimum absolute atomic E-state index is 0.362. The number of hydrogen-bond acceptors (Lipinski definition) is 3. The molecule has 5 heteroatoms. The first-order chi connectivity index (χ1) is 8.58. The molecule has 0 unspecified atom stereocenters. The number of hydrogen-bond donors (Lipinski definition) is 3. The quantitative estimate of drug-likeness (QED) is 0.718. The van der Waals surface area contributed by atoms with E-state index < -0.39 is 12.0 Å². The van der Waals surface area contributed by atoms with Crippen LogP contribution in [0.15, 0.2) is 24.3 Å². The number of carbonyl (C=O) groups excluding carboxylic acids is 1. The smallest absolute Gasteiger partial charge is 0.326 e. The molecule has 0 aliphatic heterocycles. The van der Waals surface area contributed by atoms with Crippen LogP contribution < -0.4 is 10.6 Å². The van der Waals surface area contributed by atoms with Gasteiger partial charge in [-0.05, 0) is 30.7 Å². The molecule has 1 aromatic rings. The predicted octanol–water partition coefficient (Wildman–Crippen LogP) is 1.71. The molecular weight excluding hydrogens is 232 g/mol. The summed E-state index contributed by atoms with van der Waals surface area (Å²) in [4.78, 5) is 22.8. The van der Waals surface area contributed by atoms with Crippen molar-refractivity contribution in [2.24, 2.45) is 0 Å². The van der Waals surface area contributed by atoms with Gasteiger partial charge in [-0.1, -0.05) is 13.3 Å². The van der Waals surface area contributed by atoms with Gasteiger partial charge >= 0.3 is 5.97 Å². The van der Waals surface area contributed by atoms with Gasteiger partial charge in [-0.2, -0.15) is 0 Å². The first-order valence-electron chi connectivity index (χ1n) is 5.90. The summed E-state index contributed by atoms with van der Waals surface area (Å²) in [6, 6.07) is 6.03. The third-order valence-electron chi connectivity index (χ3n) is 2.62. The van der Waals surface area contributed by atoms with Crippen LogP contribution in [0, 0.1) is 0 Å². The Morgan fingerprint density at radius 3 is 2.33 bits per heavy atom. The first kappa shape index (κ1) is 14.0. The summed E-state index contributed by atoms with van der Waals surface area (Å²) < 4.78 is 0. The second-order valence-corrected chi connectivity index (χ2v) is 3.98. The Morgan fingerprint density at radius 2 is 1.89 bits per heavy atom. The van der Waals surface area contributed by atoms with Crippen molar-refractivity contribution in [1.29, 1.82) is 0 Å². The van der Waals surface area contributed by atoms with Crippen LogP contribution in [-0.2, 0) is 4.79 Å². The zero-order valence-electron chi connectivity index (χ0n) is 10.6. The number of nitrogens with one attached hydrogen (secondary N) is 2. The van der Waals surface area contributed by atoms with Gasteiger partial charge in [0.25, 0.3) is 5.91 Å². The van der Waals surface area contributed by atoms with Gasteiger partial charge in [0.1, 0.15) is 6.04 Å². The molecular formula is C13H18N2O3. The molecule has 0 heterocycles. The van der Waals surface area contributed by atoms with E-state index in [9.17, 15) is 9.59 Å². The van der Waals surface area contributed by atoms with E-state index in [1.54, 1.807) is 31.3 Å². The number of aliphatic carboxylic acids is 1. The van der Waals surface area contributed by atoms with Crippen molar-refractivity contribution < 1.29 is 14.7 Å². The molecule has 0 aliphatic carbocycles. The number of anilines is 1. The lowest BCUT2D eigenvalue weighted by atomic mass is 10.1. The summed E-state index contributed by atoms with van der Waals surface area (Å²) in [7, 11) is 1.79. The fourth-order valence-corrected chi connectivity index (χ4v) is 1.58. The minimum Gasteiger partial charge on any atom is -0.480 e.